The minimum absolute atomic E-state index is 0.0903. The van der Waals surface area contributed by atoms with Crippen LogP contribution < -0.4 is 10.1 Å². The Bertz CT molecular complexity index is 782. The molecule has 0 bridgehead atoms. The minimum atomic E-state index is -0.447. The maximum absolute atomic E-state index is 12.8. The molecule has 5 heteroatoms. The third kappa shape index (κ3) is 5.58. The quantitative estimate of drug-likeness (QED) is 0.784. The number of amides is 2. The molecule has 0 aliphatic heterocycles. The molecule has 0 saturated carbocycles. The van der Waals surface area contributed by atoms with Crippen molar-refractivity contribution in [3.05, 3.63) is 60.2 Å². The molecule has 0 aromatic heterocycles. The largest absolute Gasteiger partial charge is 0.415 e. The lowest BCUT2D eigenvalue weighted by atomic mass is 9.81. The first-order valence-corrected chi connectivity index (χ1v) is 9.12. The van der Waals surface area contributed by atoms with Crippen LogP contribution in [0, 0.1) is 5.41 Å². The Labute approximate surface area is 161 Å². The van der Waals surface area contributed by atoms with Gasteiger partial charge in [0.25, 0.3) is 0 Å². The van der Waals surface area contributed by atoms with Gasteiger partial charge in [0.2, 0.25) is 5.91 Å². The Morgan fingerprint density at radius 3 is 2.33 bits per heavy atom. The van der Waals surface area contributed by atoms with Crippen molar-refractivity contribution < 1.29 is 14.3 Å². The van der Waals surface area contributed by atoms with E-state index < -0.39 is 6.09 Å². The molecule has 0 spiro atoms. The molecule has 2 aromatic rings. The van der Waals surface area contributed by atoms with Crippen LogP contribution in [-0.2, 0) is 4.79 Å². The second kappa shape index (κ2) is 8.71. The summed E-state index contributed by atoms with van der Waals surface area (Å²) in [6.07, 6.45) is -0.0605. The first-order valence-electron chi connectivity index (χ1n) is 9.12. The highest BCUT2D eigenvalue weighted by atomic mass is 16.6. The molecule has 0 heterocycles. The van der Waals surface area contributed by atoms with Gasteiger partial charge in [-0.2, -0.15) is 0 Å². The molecule has 27 heavy (non-hydrogen) atoms. The van der Waals surface area contributed by atoms with Crippen LogP contribution in [0.5, 0.6) is 5.75 Å². The number of carbonyl (C=O) groups is 2. The van der Waals surface area contributed by atoms with E-state index in [-0.39, 0.29) is 17.4 Å². The maximum Gasteiger partial charge on any atom is 0.415 e. The number of nitrogens with one attached hydrogen (secondary N) is 1. The number of benzene rings is 2. The fourth-order valence-corrected chi connectivity index (χ4v) is 3.10. The van der Waals surface area contributed by atoms with Gasteiger partial charge in [-0.05, 0) is 23.1 Å². The molecule has 2 amide bonds. The Balaban J connectivity index is 2.18. The molecule has 0 aliphatic rings. The highest BCUT2D eigenvalue weighted by Crippen LogP contribution is 2.37. The minimum Gasteiger partial charge on any atom is -0.410 e. The van der Waals surface area contributed by atoms with Crippen LogP contribution in [0.2, 0.25) is 0 Å². The SMILES string of the molecule is CCC(=O)Nc1cccc(OC(=O)N(C)C(c2ccccc2)C(C)(C)C)c1. The van der Waals surface area contributed by atoms with Gasteiger partial charge in [0.05, 0.1) is 6.04 Å². The fraction of sp³-hybridized carbons (Fsp3) is 0.364. The highest BCUT2D eigenvalue weighted by molar-refractivity contribution is 5.90. The predicted octanol–water partition coefficient (Wildman–Crippen LogP) is 5.25. The zero-order valence-corrected chi connectivity index (χ0v) is 16.7. The summed E-state index contributed by atoms with van der Waals surface area (Å²) in [5.74, 6) is 0.300. The molecule has 5 nitrogen and oxygen atoms in total. The van der Waals surface area contributed by atoms with Crippen molar-refractivity contribution in [1.82, 2.24) is 4.90 Å². The van der Waals surface area contributed by atoms with Gasteiger partial charge in [0.1, 0.15) is 5.75 Å². The molecule has 2 aromatic carbocycles. The molecule has 1 unspecified atom stereocenters. The van der Waals surface area contributed by atoms with Crippen molar-refractivity contribution in [2.75, 3.05) is 12.4 Å². The topological polar surface area (TPSA) is 58.6 Å². The van der Waals surface area contributed by atoms with Crippen molar-refractivity contribution in [2.24, 2.45) is 5.41 Å². The third-order valence-electron chi connectivity index (χ3n) is 4.25. The lowest BCUT2D eigenvalue weighted by molar-refractivity contribution is -0.115. The van der Waals surface area contributed by atoms with Crippen molar-refractivity contribution in [3.63, 3.8) is 0 Å². The summed E-state index contributed by atoms with van der Waals surface area (Å²) < 4.78 is 5.57. The van der Waals surface area contributed by atoms with E-state index in [4.69, 9.17) is 4.74 Å². The van der Waals surface area contributed by atoms with Gasteiger partial charge in [0, 0.05) is 25.2 Å². The van der Waals surface area contributed by atoms with Crippen LogP contribution in [0.1, 0.15) is 45.7 Å². The Kier molecular flexibility index (Phi) is 6.61. The van der Waals surface area contributed by atoms with Gasteiger partial charge in [-0.15, -0.1) is 0 Å². The maximum atomic E-state index is 12.8. The molecule has 0 fully saturated rings. The molecule has 0 radical (unpaired) electrons. The molecule has 0 aliphatic carbocycles. The number of rotatable bonds is 5. The average Bonchev–Trinajstić information content (AvgIpc) is 2.61. The summed E-state index contributed by atoms with van der Waals surface area (Å²) in [5, 5.41) is 2.76. The van der Waals surface area contributed by atoms with Gasteiger partial charge < -0.3 is 15.0 Å². The van der Waals surface area contributed by atoms with Crippen molar-refractivity contribution in [3.8, 4) is 5.75 Å². The third-order valence-corrected chi connectivity index (χ3v) is 4.25. The summed E-state index contributed by atoms with van der Waals surface area (Å²) in [6, 6.07) is 16.6. The normalized spacial score (nSPS) is 12.2. The number of anilines is 1. The van der Waals surface area contributed by atoms with Gasteiger partial charge in [0.15, 0.2) is 0 Å². The summed E-state index contributed by atoms with van der Waals surface area (Å²) in [5.41, 5.74) is 1.48. The summed E-state index contributed by atoms with van der Waals surface area (Å²) in [7, 11) is 1.74. The van der Waals surface area contributed by atoms with Crippen LogP contribution in [0.3, 0.4) is 0 Å². The van der Waals surface area contributed by atoms with Crippen LogP contribution in [0.25, 0.3) is 0 Å². The van der Waals surface area contributed by atoms with Gasteiger partial charge in [-0.3, -0.25) is 4.79 Å². The zero-order valence-electron chi connectivity index (χ0n) is 16.7. The second-order valence-corrected chi connectivity index (χ2v) is 7.59. The van der Waals surface area contributed by atoms with Crippen LogP contribution in [0.15, 0.2) is 54.6 Å². The van der Waals surface area contributed by atoms with E-state index in [1.54, 1.807) is 43.1 Å². The van der Waals surface area contributed by atoms with Crippen molar-refractivity contribution >= 4 is 17.7 Å². The van der Waals surface area contributed by atoms with E-state index in [1.165, 1.54) is 0 Å². The molecule has 1 atom stereocenters. The van der Waals surface area contributed by atoms with Crippen LogP contribution in [-0.4, -0.2) is 23.9 Å². The van der Waals surface area contributed by atoms with Crippen molar-refractivity contribution in [2.45, 2.75) is 40.2 Å². The highest BCUT2D eigenvalue weighted by Gasteiger charge is 2.33. The monoisotopic (exact) mass is 368 g/mol. The lowest BCUT2D eigenvalue weighted by Gasteiger charge is -2.37. The van der Waals surface area contributed by atoms with Crippen molar-refractivity contribution in [1.29, 1.82) is 0 Å². The Morgan fingerprint density at radius 2 is 1.74 bits per heavy atom. The van der Waals surface area contributed by atoms with Crippen LogP contribution in [0.4, 0.5) is 10.5 Å². The zero-order chi connectivity index (χ0) is 20.0. The van der Waals surface area contributed by atoms with E-state index in [9.17, 15) is 9.59 Å². The van der Waals surface area contributed by atoms with E-state index >= 15 is 0 Å². The molecular formula is C22H28N2O3. The molecule has 144 valence electrons. The number of hydrogen-bond acceptors (Lipinski definition) is 3. The fourth-order valence-electron chi connectivity index (χ4n) is 3.10. The number of nitrogens with zero attached hydrogens (tertiary/aromatic N) is 1. The summed E-state index contributed by atoms with van der Waals surface area (Å²) >= 11 is 0. The molecular weight excluding hydrogens is 340 g/mol. The van der Waals surface area contributed by atoms with E-state index in [0.29, 0.717) is 17.9 Å². The van der Waals surface area contributed by atoms with Crippen LogP contribution >= 0.6 is 0 Å². The first kappa shape index (κ1) is 20.5. The van der Waals surface area contributed by atoms with Gasteiger partial charge in [-0.25, -0.2) is 4.79 Å². The van der Waals surface area contributed by atoms with E-state index in [2.05, 4.69) is 26.1 Å². The standard InChI is InChI=1S/C22H28N2O3/c1-6-19(25)23-17-13-10-14-18(15-17)27-21(26)24(5)20(22(2,3)4)16-11-8-7-9-12-16/h7-15,20H,6H2,1-5H3,(H,23,25). The number of hydrogen-bond donors (Lipinski definition) is 1. The Hall–Kier alpha value is -2.82. The number of ether oxygens (including phenoxy) is 1. The molecule has 1 N–H and O–H groups in total. The Morgan fingerprint density at radius 1 is 1.07 bits per heavy atom. The molecule has 0 saturated heterocycles. The first-order chi connectivity index (χ1) is 12.7. The predicted molar refractivity (Wildman–Crippen MR) is 108 cm³/mol. The average molecular weight is 368 g/mol. The summed E-state index contributed by atoms with van der Waals surface area (Å²) in [6.45, 7) is 8.06. The summed E-state index contributed by atoms with van der Waals surface area (Å²) in [4.78, 5) is 26.0. The second-order valence-electron chi connectivity index (χ2n) is 7.59. The van der Waals surface area contributed by atoms with Gasteiger partial charge in [-0.1, -0.05) is 64.1 Å². The van der Waals surface area contributed by atoms with E-state index in [1.807, 2.05) is 30.3 Å². The molecule has 2 rings (SSSR count). The van der Waals surface area contributed by atoms with Gasteiger partial charge >= 0.3 is 6.09 Å². The smallest absolute Gasteiger partial charge is 0.410 e. The van der Waals surface area contributed by atoms with E-state index in [0.717, 1.165) is 5.56 Å². The number of carbonyl (C=O) groups excluding carboxylic acids is 2. The lowest BCUT2D eigenvalue weighted by Crippen LogP contribution is -2.39.